The molecule has 1 N–H and O–H groups in total. The Labute approximate surface area is 95.4 Å². The first-order valence-corrected chi connectivity index (χ1v) is 5.80. The van der Waals surface area contributed by atoms with Crippen molar-refractivity contribution >= 4 is 0 Å². The third-order valence-corrected chi connectivity index (χ3v) is 3.14. The molecule has 0 aliphatic carbocycles. The Morgan fingerprint density at radius 1 is 1.69 bits per heavy atom. The average molecular weight is 225 g/mol. The molecule has 1 fully saturated rings. The quantitative estimate of drug-likeness (QED) is 0.821. The van der Waals surface area contributed by atoms with Gasteiger partial charge in [0.15, 0.2) is 0 Å². The Morgan fingerprint density at radius 3 is 3.12 bits per heavy atom. The Hall–Kier alpha value is -0.940. The van der Waals surface area contributed by atoms with Gasteiger partial charge >= 0.3 is 0 Å². The fourth-order valence-corrected chi connectivity index (χ4v) is 2.24. The summed E-state index contributed by atoms with van der Waals surface area (Å²) in [7, 11) is 1.83. The van der Waals surface area contributed by atoms with Crippen molar-refractivity contribution in [3.8, 4) is 0 Å². The van der Waals surface area contributed by atoms with Crippen molar-refractivity contribution in [3.63, 3.8) is 0 Å². The second kappa shape index (κ2) is 4.51. The summed E-state index contributed by atoms with van der Waals surface area (Å²) < 4.78 is 7.23. The van der Waals surface area contributed by atoms with E-state index in [1.807, 2.05) is 13.2 Å². The highest BCUT2D eigenvalue weighted by Crippen LogP contribution is 2.29. The van der Waals surface area contributed by atoms with Gasteiger partial charge in [0.05, 0.1) is 17.4 Å². The van der Waals surface area contributed by atoms with Gasteiger partial charge in [-0.2, -0.15) is 0 Å². The fraction of sp³-hybridized carbons (Fsp3) is 0.818. The number of hydrogen-bond donors (Lipinski definition) is 1. The van der Waals surface area contributed by atoms with Crippen molar-refractivity contribution in [1.29, 1.82) is 0 Å². The standard InChI is InChI=1S/C11H19N3O2/c1-3-10-7-11(15,4-5-16-10)6-9-8-14(2)13-12-9/h8,10,15H,3-7H2,1-2H3. The molecule has 16 heavy (non-hydrogen) atoms. The number of aromatic nitrogens is 3. The molecule has 0 aromatic carbocycles. The summed E-state index contributed by atoms with van der Waals surface area (Å²) in [4.78, 5) is 0. The van der Waals surface area contributed by atoms with E-state index in [4.69, 9.17) is 4.74 Å². The topological polar surface area (TPSA) is 60.2 Å². The lowest BCUT2D eigenvalue weighted by molar-refractivity contribution is -0.103. The summed E-state index contributed by atoms with van der Waals surface area (Å²) >= 11 is 0. The number of rotatable bonds is 3. The minimum Gasteiger partial charge on any atom is -0.389 e. The molecule has 1 aromatic rings. The predicted octanol–water partition coefficient (Wildman–Crippen LogP) is 0.678. The van der Waals surface area contributed by atoms with Crippen LogP contribution in [0.15, 0.2) is 6.20 Å². The molecule has 2 heterocycles. The molecule has 1 aliphatic heterocycles. The second-order valence-corrected chi connectivity index (χ2v) is 4.64. The lowest BCUT2D eigenvalue weighted by Crippen LogP contribution is -2.42. The maximum atomic E-state index is 10.5. The van der Waals surface area contributed by atoms with Gasteiger partial charge in [-0.25, -0.2) is 0 Å². The molecule has 5 heteroatoms. The molecule has 0 radical (unpaired) electrons. The van der Waals surface area contributed by atoms with Crippen LogP contribution in [0.25, 0.3) is 0 Å². The zero-order valence-corrected chi connectivity index (χ0v) is 9.89. The van der Waals surface area contributed by atoms with Gasteiger partial charge in [0.25, 0.3) is 0 Å². The molecule has 0 saturated carbocycles. The zero-order valence-electron chi connectivity index (χ0n) is 9.89. The average Bonchev–Trinajstić information content (AvgIpc) is 2.63. The summed E-state index contributed by atoms with van der Waals surface area (Å²) in [5.74, 6) is 0. The van der Waals surface area contributed by atoms with Crippen molar-refractivity contribution in [1.82, 2.24) is 15.0 Å². The maximum Gasteiger partial charge on any atom is 0.0855 e. The van der Waals surface area contributed by atoms with Crippen LogP contribution in [0.4, 0.5) is 0 Å². The van der Waals surface area contributed by atoms with Crippen molar-refractivity contribution in [2.24, 2.45) is 7.05 Å². The first-order valence-electron chi connectivity index (χ1n) is 5.80. The highest BCUT2D eigenvalue weighted by atomic mass is 16.5. The van der Waals surface area contributed by atoms with Gasteiger partial charge < -0.3 is 9.84 Å². The molecule has 0 bridgehead atoms. The highest BCUT2D eigenvalue weighted by molar-refractivity contribution is 5.01. The molecule has 2 unspecified atom stereocenters. The molecular weight excluding hydrogens is 206 g/mol. The first-order chi connectivity index (χ1) is 7.61. The molecule has 1 saturated heterocycles. The van der Waals surface area contributed by atoms with E-state index >= 15 is 0 Å². The summed E-state index contributed by atoms with van der Waals surface area (Å²) in [5, 5.41) is 18.4. The van der Waals surface area contributed by atoms with E-state index in [0.717, 1.165) is 12.1 Å². The summed E-state index contributed by atoms with van der Waals surface area (Å²) in [6, 6.07) is 0. The molecule has 1 aromatic heterocycles. The largest absolute Gasteiger partial charge is 0.389 e. The predicted molar refractivity (Wildman–Crippen MR) is 58.9 cm³/mol. The van der Waals surface area contributed by atoms with Crippen LogP contribution in [-0.2, 0) is 18.2 Å². The van der Waals surface area contributed by atoms with Gasteiger partial charge in [0.2, 0.25) is 0 Å². The highest BCUT2D eigenvalue weighted by Gasteiger charge is 2.35. The van der Waals surface area contributed by atoms with Crippen LogP contribution >= 0.6 is 0 Å². The van der Waals surface area contributed by atoms with Crippen LogP contribution in [0, 0.1) is 0 Å². The second-order valence-electron chi connectivity index (χ2n) is 4.64. The van der Waals surface area contributed by atoms with E-state index in [9.17, 15) is 5.11 Å². The Morgan fingerprint density at radius 2 is 2.50 bits per heavy atom. The van der Waals surface area contributed by atoms with E-state index in [1.54, 1.807) is 4.68 Å². The Bertz CT molecular complexity index is 353. The van der Waals surface area contributed by atoms with Crippen molar-refractivity contribution in [2.45, 2.75) is 44.3 Å². The maximum absolute atomic E-state index is 10.5. The van der Waals surface area contributed by atoms with E-state index in [-0.39, 0.29) is 6.10 Å². The van der Waals surface area contributed by atoms with Crippen molar-refractivity contribution < 1.29 is 9.84 Å². The SMILES string of the molecule is CCC1CC(O)(Cc2cn(C)nn2)CCO1. The summed E-state index contributed by atoms with van der Waals surface area (Å²) in [6.07, 6.45) is 4.92. The molecule has 90 valence electrons. The zero-order chi connectivity index (χ0) is 11.6. The molecule has 0 amide bonds. The van der Waals surface area contributed by atoms with Gasteiger partial charge in [-0.15, -0.1) is 5.10 Å². The number of ether oxygens (including phenoxy) is 1. The molecule has 5 nitrogen and oxygen atoms in total. The molecule has 1 aliphatic rings. The first kappa shape index (κ1) is 11.5. The van der Waals surface area contributed by atoms with Crippen LogP contribution in [-0.4, -0.2) is 38.4 Å². The van der Waals surface area contributed by atoms with E-state index in [1.165, 1.54) is 0 Å². The van der Waals surface area contributed by atoms with Gasteiger partial charge in [0, 0.05) is 32.7 Å². The van der Waals surface area contributed by atoms with Gasteiger partial charge in [-0.3, -0.25) is 4.68 Å². The van der Waals surface area contributed by atoms with Crippen molar-refractivity contribution in [3.05, 3.63) is 11.9 Å². The Kier molecular flexibility index (Phi) is 3.25. The van der Waals surface area contributed by atoms with Crippen LogP contribution < -0.4 is 0 Å². The van der Waals surface area contributed by atoms with Gasteiger partial charge in [-0.1, -0.05) is 12.1 Å². The van der Waals surface area contributed by atoms with Gasteiger partial charge in [0.1, 0.15) is 0 Å². The number of nitrogens with zero attached hydrogens (tertiary/aromatic N) is 3. The van der Waals surface area contributed by atoms with E-state index in [2.05, 4.69) is 17.2 Å². The Balaban J connectivity index is 2.01. The van der Waals surface area contributed by atoms with Crippen LogP contribution in [0.3, 0.4) is 0 Å². The lowest BCUT2D eigenvalue weighted by atomic mass is 9.85. The monoisotopic (exact) mass is 225 g/mol. The number of aryl methyl sites for hydroxylation is 1. The number of aliphatic hydroxyl groups is 1. The van der Waals surface area contributed by atoms with Crippen LogP contribution in [0.5, 0.6) is 0 Å². The van der Waals surface area contributed by atoms with Crippen LogP contribution in [0.2, 0.25) is 0 Å². The fourth-order valence-electron chi connectivity index (χ4n) is 2.24. The molecule has 2 atom stereocenters. The van der Waals surface area contributed by atoms with E-state index < -0.39 is 5.60 Å². The minimum absolute atomic E-state index is 0.176. The lowest BCUT2D eigenvalue weighted by Gasteiger charge is -2.36. The van der Waals surface area contributed by atoms with E-state index in [0.29, 0.717) is 25.9 Å². The third-order valence-electron chi connectivity index (χ3n) is 3.14. The third kappa shape index (κ3) is 2.59. The van der Waals surface area contributed by atoms with Gasteiger partial charge in [-0.05, 0) is 12.8 Å². The molecule has 0 spiro atoms. The smallest absolute Gasteiger partial charge is 0.0855 e. The van der Waals surface area contributed by atoms with Crippen molar-refractivity contribution in [2.75, 3.05) is 6.61 Å². The summed E-state index contributed by atoms with van der Waals surface area (Å²) in [6.45, 7) is 2.72. The van der Waals surface area contributed by atoms with Crippen LogP contribution in [0.1, 0.15) is 31.9 Å². The summed E-state index contributed by atoms with van der Waals surface area (Å²) in [5.41, 5.74) is 0.177. The molecular formula is C11H19N3O2. The minimum atomic E-state index is -0.672. The molecule has 2 rings (SSSR count). The normalized spacial score (nSPS) is 30.6. The number of hydrogen-bond acceptors (Lipinski definition) is 4.